The number of likely N-dealkylation sites (tertiary alicyclic amines) is 1. The number of fused-ring (bicyclic) bond motifs is 1. The summed E-state index contributed by atoms with van der Waals surface area (Å²) >= 11 is 0. The number of aliphatic hydroxyl groups is 1. The summed E-state index contributed by atoms with van der Waals surface area (Å²) in [7, 11) is 2.05. The number of likely N-dealkylation sites (N-methyl/N-ethyl adjacent to an activating group) is 1. The third kappa shape index (κ3) is 4.08. The van der Waals surface area contributed by atoms with Crippen LogP contribution in [0.2, 0.25) is 0 Å². The van der Waals surface area contributed by atoms with Crippen molar-refractivity contribution >= 4 is 11.7 Å². The van der Waals surface area contributed by atoms with Crippen LogP contribution in [0.5, 0.6) is 5.75 Å². The molecule has 7 heteroatoms. The summed E-state index contributed by atoms with van der Waals surface area (Å²) in [5, 5.41) is 22.6. The molecule has 6 rings (SSSR count). The monoisotopic (exact) mass is 503 g/mol. The number of carbonyl (C=O) groups excluding carboxylic acids is 2. The average molecular weight is 504 g/mol. The number of Topliss-reactive ketones (excluding diaryl/α,β-unsaturated/α-hetero) is 1. The van der Waals surface area contributed by atoms with Crippen molar-refractivity contribution < 1.29 is 19.8 Å². The van der Waals surface area contributed by atoms with Crippen LogP contribution in [0.4, 0.5) is 0 Å². The van der Waals surface area contributed by atoms with Crippen LogP contribution < -0.4 is 0 Å². The molecule has 2 N–H and O–H groups in total. The van der Waals surface area contributed by atoms with Gasteiger partial charge < -0.3 is 20.0 Å². The van der Waals surface area contributed by atoms with Gasteiger partial charge in [-0.1, -0.05) is 36.4 Å². The Kier molecular flexibility index (Phi) is 6.13. The Hall–Kier alpha value is -2.74. The van der Waals surface area contributed by atoms with Crippen molar-refractivity contribution in [2.45, 2.75) is 55.7 Å². The number of phenolic OH excluding ortho intramolecular Hbond substituents is 1. The molecule has 2 saturated heterocycles. The van der Waals surface area contributed by atoms with Crippen molar-refractivity contribution in [2.24, 2.45) is 5.92 Å². The Morgan fingerprint density at radius 3 is 2.57 bits per heavy atom. The van der Waals surface area contributed by atoms with Crippen LogP contribution in [0.3, 0.4) is 0 Å². The zero-order valence-electron chi connectivity index (χ0n) is 21.6. The first-order valence-corrected chi connectivity index (χ1v) is 13.6. The second-order valence-corrected chi connectivity index (χ2v) is 11.7. The van der Waals surface area contributed by atoms with Crippen molar-refractivity contribution in [1.82, 2.24) is 14.7 Å². The first-order valence-electron chi connectivity index (χ1n) is 13.6. The minimum atomic E-state index is -1.10. The predicted octanol–water partition coefficient (Wildman–Crippen LogP) is 2.33. The number of aromatic hydroxyl groups is 1. The summed E-state index contributed by atoms with van der Waals surface area (Å²) < 4.78 is 0. The van der Waals surface area contributed by atoms with Gasteiger partial charge in [0.05, 0.1) is 5.60 Å². The summed E-state index contributed by atoms with van der Waals surface area (Å²) in [5.41, 5.74) is 1.50. The number of phenols is 1. The molecular weight excluding hydrogens is 466 g/mol. The lowest BCUT2D eigenvalue weighted by atomic mass is 9.47. The van der Waals surface area contributed by atoms with Crippen molar-refractivity contribution in [1.29, 1.82) is 0 Å². The number of hydrogen-bond donors (Lipinski definition) is 2. The van der Waals surface area contributed by atoms with Crippen LogP contribution >= 0.6 is 0 Å². The Balaban J connectivity index is 1.16. The predicted molar refractivity (Wildman–Crippen MR) is 140 cm³/mol. The number of nitrogens with zero attached hydrogens (tertiary/aromatic N) is 3. The molecule has 0 spiro atoms. The Morgan fingerprint density at radius 2 is 1.81 bits per heavy atom. The van der Waals surface area contributed by atoms with Gasteiger partial charge in [-0.2, -0.15) is 0 Å². The highest BCUT2D eigenvalue weighted by molar-refractivity contribution is 5.89. The number of benzene rings is 2. The van der Waals surface area contributed by atoms with E-state index in [0.717, 1.165) is 37.3 Å². The van der Waals surface area contributed by atoms with E-state index in [-0.39, 0.29) is 36.3 Å². The van der Waals surface area contributed by atoms with E-state index in [0.29, 0.717) is 32.4 Å². The lowest BCUT2D eigenvalue weighted by molar-refractivity contribution is -0.179. The third-order valence-electron chi connectivity index (χ3n) is 9.71. The maximum Gasteiger partial charge on any atom is 0.223 e. The number of piperidine rings is 1. The highest BCUT2D eigenvalue weighted by Crippen LogP contribution is 2.58. The van der Waals surface area contributed by atoms with Gasteiger partial charge in [-0.25, -0.2) is 0 Å². The second-order valence-electron chi connectivity index (χ2n) is 11.7. The van der Waals surface area contributed by atoms with Crippen LogP contribution in [0.25, 0.3) is 0 Å². The maximum atomic E-state index is 13.6. The molecule has 2 aliphatic carbocycles. The molecule has 2 bridgehead atoms. The molecule has 2 heterocycles. The minimum Gasteiger partial charge on any atom is -0.508 e. The fourth-order valence-corrected chi connectivity index (χ4v) is 7.63. The van der Waals surface area contributed by atoms with Crippen LogP contribution in [0.1, 0.15) is 42.4 Å². The SMILES string of the molecule is CN1CC[C@]23CC(=O)[C@@H](CC(=O)N4CCN(Cc5ccccc5)CC4)C[C@@]2(O)[C@H]1Cc1ccc(O)cc13. The summed E-state index contributed by atoms with van der Waals surface area (Å²) in [5.74, 6) is -0.213. The first-order chi connectivity index (χ1) is 17.8. The normalized spacial score (nSPS) is 32.1. The van der Waals surface area contributed by atoms with E-state index < -0.39 is 16.9 Å². The largest absolute Gasteiger partial charge is 0.508 e. The Morgan fingerprint density at radius 1 is 1.05 bits per heavy atom. The smallest absolute Gasteiger partial charge is 0.223 e. The Bertz CT molecular complexity index is 1190. The molecule has 2 aliphatic heterocycles. The quantitative estimate of drug-likeness (QED) is 0.667. The number of amides is 1. The molecule has 37 heavy (non-hydrogen) atoms. The summed E-state index contributed by atoms with van der Waals surface area (Å²) in [4.78, 5) is 33.4. The molecule has 196 valence electrons. The molecule has 4 aliphatic rings. The lowest BCUT2D eigenvalue weighted by Gasteiger charge is -2.63. The highest BCUT2D eigenvalue weighted by Gasteiger charge is 2.66. The van der Waals surface area contributed by atoms with Gasteiger partial charge >= 0.3 is 0 Å². The van der Waals surface area contributed by atoms with Gasteiger partial charge in [0.2, 0.25) is 5.91 Å². The molecule has 1 saturated carbocycles. The molecule has 0 aromatic heterocycles. The van der Waals surface area contributed by atoms with Gasteiger partial charge in [0, 0.05) is 62.9 Å². The van der Waals surface area contributed by atoms with E-state index in [1.54, 1.807) is 12.1 Å². The first kappa shape index (κ1) is 24.6. The maximum absolute atomic E-state index is 13.6. The minimum absolute atomic E-state index is 0.0182. The zero-order valence-corrected chi connectivity index (χ0v) is 21.6. The van der Waals surface area contributed by atoms with Gasteiger partial charge in [-0.15, -0.1) is 0 Å². The van der Waals surface area contributed by atoms with E-state index in [1.165, 1.54) is 5.56 Å². The fourth-order valence-electron chi connectivity index (χ4n) is 7.63. The van der Waals surface area contributed by atoms with E-state index in [2.05, 4.69) is 21.9 Å². The molecule has 4 atom stereocenters. The number of carbonyl (C=O) groups is 2. The summed E-state index contributed by atoms with van der Waals surface area (Å²) in [6.45, 7) is 4.65. The highest BCUT2D eigenvalue weighted by atomic mass is 16.3. The lowest BCUT2D eigenvalue weighted by Crippen LogP contribution is -2.73. The second kappa shape index (κ2) is 9.22. The molecule has 7 nitrogen and oxygen atoms in total. The van der Waals surface area contributed by atoms with Crippen LogP contribution in [-0.2, 0) is 28.0 Å². The standard InChI is InChI=1S/C30H37N3O4/c1-31-10-9-29-19-26(35)23(18-30(29,37)27(31)15-22-7-8-24(34)17-25(22)29)16-28(36)33-13-11-32(12-14-33)20-21-5-3-2-4-6-21/h2-8,17,23,27,34,37H,9-16,18-20H2,1H3/t23-,27+,29+,30+/m0/s1. The Labute approximate surface area is 218 Å². The van der Waals surface area contributed by atoms with Crippen molar-refractivity contribution in [2.75, 3.05) is 39.8 Å². The van der Waals surface area contributed by atoms with Crippen molar-refractivity contribution in [3.8, 4) is 5.75 Å². The van der Waals surface area contributed by atoms with Crippen LogP contribution in [-0.4, -0.2) is 88.0 Å². The zero-order chi connectivity index (χ0) is 25.8. The number of ketones is 1. The molecule has 1 amide bonds. The molecule has 2 aromatic carbocycles. The van der Waals surface area contributed by atoms with Gasteiger partial charge in [-0.3, -0.25) is 14.5 Å². The van der Waals surface area contributed by atoms with Crippen LogP contribution in [0, 0.1) is 5.92 Å². The van der Waals surface area contributed by atoms with Gasteiger partial charge in [0.1, 0.15) is 11.5 Å². The number of rotatable bonds is 4. The van der Waals surface area contributed by atoms with Crippen molar-refractivity contribution in [3.05, 3.63) is 65.2 Å². The van der Waals surface area contributed by atoms with E-state index >= 15 is 0 Å². The molecule has 0 unspecified atom stereocenters. The van der Waals surface area contributed by atoms with E-state index in [4.69, 9.17) is 0 Å². The van der Waals surface area contributed by atoms with Crippen molar-refractivity contribution in [3.63, 3.8) is 0 Å². The topological polar surface area (TPSA) is 84.3 Å². The molecule has 2 aromatic rings. The third-order valence-corrected chi connectivity index (χ3v) is 9.71. The summed E-state index contributed by atoms with van der Waals surface area (Å²) in [6.07, 6.45) is 2.05. The average Bonchev–Trinajstić information content (AvgIpc) is 2.88. The number of hydrogen-bond acceptors (Lipinski definition) is 6. The fraction of sp³-hybridized carbons (Fsp3) is 0.533. The molecular formula is C30H37N3O4. The van der Waals surface area contributed by atoms with Gasteiger partial charge in [0.25, 0.3) is 0 Å². The van der Waals surface area contributed by atoms with E-state index in [9.17, 15) is 19.8 Å². The van der Waals surface area contributed by atoms with Gasteiger partial charge in [-0.05, 0) is 61.7 Å². The molecule has 3 fully saturated rings. The van der Waals surface area contributed by atoms with Gasteiger partial charge in [0.15, 0.2) is 0 Å². The van der Waals surface area contributed by atoms with E-state index in [1.807, 2.05) is 36.2 Å². The summed E-state index contributed by atoms with van der Waals surface area (Å²) in [6, 6.07) is 15.7. The van der Waals surface area contributed by atoms with Crippen LogP contribution in [0.15, 0.2) is 48.5 Å². The molecule has 0 radical (unpaired) electrons. The number of piperazine rings is 1.